The van der Waals surface area contributed by atoms with E-state index in [4.69, 9.17) is 9.84 Å². The summed E-state index contributed by atoms with van der Waals surface area (Å²) in [7, 11) is 1.35. The Morgan fingerprint density at radius 2 is 2.00 bits per heavy atom. The van der Waals surface area contributed by atoms with Gasteiger partial charge in [-0.25, -0.2) is 4.79 Å². The van der Waals surface area contributed by atoms with Crippen molar-refractivity contribution >= 4 is 5.97 Å². The summed E-state index contributed by atoms with van der Waals surface area (Å²) in [6, 6.07) is 5.19. The normalized spacial score (nSPS) is 12.6. The molecule has 1 aromatic rings. The predicted molar refractivity (Wildman–Crippen MR) is 80.3 cm³/mol. The fourth-order valence-corrected chi connectivity index (χ4v) is 1.60. The molecular weight excluding hydrogens is 256 g/mol. The fourth-order valence-electron chi connectivity index (χ4n) is 1.60. The first-order valence-electron chi connectivity index (χ1n) is 6.73. The van der Waals surface area contributed by atoms with Crippen molar-refractivity contribution in [3.8, 4) is 5.75 Å². The number of aliphatic hydroxyl groups excluding tert-OH is 1. The van der Waals surface area contributed by atoms with Gasteiger partial charge in [-0.1, -0.05) is 27.3 Å². The lowest BCUT2D eigenvalue weighted by Crippen LogP contribution is -2.06. The van der Waals surface area contributed by atoms with Crippen LogP contribution in [0.5, 0.6) is 5.75 Å². The number of carbonyl (C=O) groups excluding carboxylic acids is 1. The molecule has 0 bridgehead atoms. The third kappa shape index (κ3) is 5.21. The van der Waals surface area contributed by atoms with Crippen LogP contribution in [0.4, 0.5) is 0 Å². The molecule has 1 fully saturated rings. The van der Waals surface area contributed by atoms with Crippen molar-refractivity contribution in [2.24, 2.45) is 0 Å². The Bertz CT molecular complexity index is 411. The molecule has 20 heavy (non-hydrogen) atoms. The van der Waals surface area contributed by atoms with E-state index >= 15 is 0 Å². The lowest BCUT2D eigenvalue weighted by molar-refractivity contribution is 0.0600. The number of carbonyl (C=O) groups is 1. The van der Waals surface area contributed by atoms with Crippen molar-refractivity contribution in [1.82, 2.24) is 0 Å². The van der Waals surface area contributed by atoms with Crippen molar-refractivity contribution in [3.63, 3.8) is 0 Å². The zero-order valence-corrected chi connectivity index (χ0v) is 11.8. The van der Waals surface area contributed by atoms with Crippen molar-refractivity contribution in [2.75, 3.05) is 13.7 Å². The van der Waals surface area contributed by atoms with Gasteiger partial charge in [-0.05, 0) is 37.0 Å². The highest BCUT2D eigenvalue weighted by molar-refractivity contribution is 5.89. The zero-order valence-electron chi connectivity index (χ0n) is 11.8. The van der Waals surface area contributed by atoms with Crippen LogP contribution in [-0.4, -0.2) is 30.9 Å². The Balaban J connectivity index is 0.00000115. The van der Waals surface area contributed by atoms with E-state index in [-0.39, 0.29) is 26.1 Å². The molecule has 1 aliphatic rings. The highest BCUT2D eigenvalue weighted by atomic mass is 16.5. The van der Waals surface area contributed by atoms with Crippen molar-refractivity contribution in [3.05, 3.63) is 29.3 Å². The van der Waals surface area contributed by atoms with Gasteiger partial charge in [0.05, 0.1) is 18.8 Å². The maximum Gasteiger partial charge on any atom is 0.337 e. The van der Waals surface area contributed by atoms with Gasteiger partial charge in [0.15, 0.2) is 0 Å². The van der Waals surface area contributed by atoms with Crippen LogP contribution >= 0.6 is 0 Å². The van der Waals surface area contributed by atoms with Crippen LogP contribution in [-0.2, 0) is 11.2 Å². The van der Waals surface area contributed by atoms with Gasteiger partial charge in [-0.3, -0.25) is 0 Å². The third-order valence-corrected chi connectivity index (χ3v) is 2.69. The number of rotatable bonds is 5. The first-order chi connectivity index (χ1) is 9.24. The number of aliphatic hydroxyl groups is 1. The number of hydrogen-bond acceptors (Lipinski definition) is 4. The van der Waals surface area contributed by atoms with Crippen LogP contribution in [0.2, 0.25) is 0 Å². The van der Waals surface area contributed by atoms with E-state index < -0.39 is 0 Å². The van der Waals surface area contributed by atoms with E-state index in [1.165, 1.54) is 7.11 Å². The second kappa shape index (κ2) is 9.37. The van der Waals surface area contributed by atoms with E-state index in [9.17, 15) is 4.79 Å². The standard InChI is InChI=1S/C13H16O4.C2H6.CH4/c1-16-13(15)10-3-2-9(6-7-14)12(8-10)17-11-4-5-11;1-2;/h2-3,8,11,14H,4-7H2,1H3;1-2H3;1H4. The Labute approximate surface area is 121 Å². The molecule has 0 atom stereocenters. The molecule has 0 unspecified atom stereocenters. The second-order valence-corrected chi connectivity index (χ2v) is 4.10. The van der Waals surface area contributed by atoms with Gasteiger partial charge < -0.3 is 14.6 Å². The van der Waals surface area contributed by atoms with Crippen molar-refractivity contribution < 1.29 is 19.4 Å². The van der Waals surface area contributed by atoms with Crippen LogP contribution in [0.15, 0.2) is 18.2 Å². The predicted octanol–water partition coefficient (Wildman–Crippen LogP) is 3.21. The van der Waals surface area contributed by atoms with Crippen LogP contribution in [0.25, 0.3) is 0 Å². The van der Waals surface area contributed by atoms with Gasteiger partial charge in [0, 0.05) is 6.61 Å². The summed E-state index contributed by atoms with van der Waals surface area (Å²) in [5, 5.41) is 8.97. The number of ether oxygens (including phenoxy) is 2. The molecule has 0 aliphatic heterocycles. The molecule has 114 valence electrons. The highest BCUT2D eigenvalue weighted by Gasteiger charge is 2.25. The fraction of sp³-hybridized carbons (Fsp3) is 0.562. The van der Waals surface area contributed by atoms with Crippen LogP contribution in [0, 0.1) is 0 Å². The summed E-state index contributed by atoms with van der Waals surface area (Å²) >= 11 is 0. The SMILES string of the molecule is C.CC.COC(=O)c1ccc(CCO)c(OC2CC2)c1. The molecule has 0 spiro atoms. The quantitative estimate of drug-likeness (QED) is 0.843. The smallest absolute Gasteiger partial charge is 0.337 e. The minimum absolute atomic E-state index is 0. The van der Waals surface area contributed by atoms with Crippen molar-refractivity contribution in [2.45, 2.75) is 46.6 Å². The summed E-state index contributed by atoms with van der Waals surface area (Å²) in [4.78, 5) is 11.4. The van der Waals surface area contributed by atoms with Gasteiger partial charge in [0.1, 0.15) is 5.75 Å². The Morgan fingerprint density at radius 1 is 1.35 bits per heavy atom. The molecule has 1 saturated carbocycles. The first-order valence-corrected chi connectivity index (χ1v) is 6.73. The molecule has 0 heterocycles. The average Bonchev–Trinajstić information content (AvgIpc) is 3.26. The molecular formula is C16H26O4. The number of methoxy groups -OCH3 is 1. The molecule has 0 saturated heterocycles. The topological polar surface area (TPSA) is 55.8 Å². The highest BCUT2D eigenvalue weighted by Crippen LogP contribution is 2.30. The Hall–Kier alpha value is -1.55. The zero-order chi connectivity index (χ0) is 14.3. The third-order valence-electron chi connectivity index (χ3n) is 2.69. The van der Waals surface area contributed by atoms with Crippen LogP contribution in [0.3, 0.4) is 0 Å². The Kier molecular flexibility index (Phi) is 8.64. The molecule has 2 rings (SSSR count). The van der Waals surface area contributed by atoms with E-state index in [1.807, 2.05) is 13.8 Å². The van der Waals surface area contributed by atoms with E-state index in [2.05, 4.69) is 4.74 Å². The lowest BCUT2D eigenvalue weighted by Gasteiger charge is -2.11. The first kappa shape index (κ1) is 18.4. The van der Waals surface area contributed by atoms with Gasteiger partial charge >= 0.3 is 5.97 Å². The van der Waals surface area contributed by atoms with Gasteiger partial charge in [0.25, 0.3) is 0 Å². The molecule has 0 aromatic heterocycles. The lowest BCUT2D eigenvalue weighted by atomic mass is 10.1. The van der Waals surface area contributed by atoms with Gasteiger partial charge in [-0.2, -0.15) is 0 Å². The van der Waals surface area contributed by atoms with Crippen molar-refractivity contribution in [1.29, 1.82) is 0 Å². The number of esters is 1. The minimum atomic E-state index is -0.374. The monoisotopic (exact) mass is 282 g/mol. The molecule has 1 aromatic carbocycles. The van der Waals surface area contributed by atoms with Gasteiger partial charge in [0.2, 0.25) is 0 Å². The molecule has 4 heteroatoms. The minimum Gasteiger partial charge on any atom is -0.490 e. The van der Waals surface area contributed by atoms with Gasteiger partial charge in [-0.15, -0.1) is 0 Å². The maximum absolute atomic E-state index is 11.4. The summed E-state index contributed by atoms with van der Waals surface area (Å²) < 4.78 is 10.4. The second-order valence-electron chi connectivity index (χ2n) is 4.10. The molecule has 0 radical (unpaired) electrons. The van der Waals surface area contributed by atoms with Crippen LogP contribution in [0.1, 0.15) is 50.0 Å². The molecule has 4 nitrogen and oxygen atoms in total. The average molecular weight is 282 g/mol. The van der Waals surface area contributed by atoms with Crippen LogP contribution < -0.4 is 4.74 Å². The van der Waals surface area contributed by atoms with E-state index in [1.54, 1.807) is 18.2 Å². The van der Waals surface area contributed by atoms with E-state index in [0.717, 1.165) is 18.4 Å². The Morgan fingerprint density at radius 3 is 2.50 bits per heavy atom. The molecule has 0 amide bonds. The maximum atomic E-state index is 11.4. The largest absolute Gasteiger partial charge is 0.490 e. The summed E-state index contributed by atoms with van der Waals surface area (Å²) in [6.07, 6.45) is 2.91. The molecule has 1 aliphatic carbocycles. The summed E-state index contributed by atoms with van der Waals surface area (Å²) in [5.41, 5.74) is 1.40. The number of hydrogen-bond donors (Lipinski definition) is 1. The summed E-state index contributed by atoms with van der Waals surface area (Å²) in [5.74, 6) is 0.311. The molecule has 1 N–H and O–H groups in total. The van der Waals surface area contributed by atoms with E-state index in [0.29, 0.717) is 17.7 Å². The number of benzene rings is 1. The summed E-state index contributed by atoms with van der Waals surface area (Å²) in [6.45, 7) is 4.07.